The van der Waals surface area contributed by atoms with Gasteiger partial charge in [0.25, 0.3) is 0 Å². The number of alkyl halides is 1. The van der Waals surface area contributed by atoms with E-state index in [4.69, 9.17) is 55.9 Å². The van der Waals surface area contributed by atoms with Crippen molar-refractivity contribution < 1.29 is 37.9 Å². The van der Waals surface area contributed by atoms with Crippen LogP contribution in [-0.2, 0) is 33.2 Å². The van der Waals surface area contributed by atoms with Crippen molar-refractivity contribution in [3.8, 4) is 18.1 Å². The van der Waals surface area contributed by atoms with E-state index in [0.29, 0.717) is 19.3 Å². The summed E-state index contributed by atoms with van der Waals surface area (Å²) in [5.41, 5.74) is 0.860. The summed E-state index contributed by atoms with van der Waals surface area (Å²) in [5, 5.41) is -0.209. The van der Waals surface area contributed by atoms with E-state index < -0.39 is 30.1 Å². The highest BCUT2D eigenvalue weighted by Crippen LogP contribution is 2.64. The second-order valence-electron chi connectivity index (χ2n) is 10.9. The van der Waals surface area contributed by atoms with Gasteiger partial charge in [-0.1, -0.05) is 19.1 Å². The van der Waals surface area contributed by atoms with Crippen LogP contribution in [0.25, 0.3) is 0 Å². The molecule has 9 heteroatoms. The Hall–Kier alpha value is -1.41. The third-order valence-corrected chi connectivity index (χ3v) is 9.15. The van der Waals surface area contributed by atoms with Gasteiger partial charge >= 0.3 is 0 Å². The van der Waals surface area contributed by atoms with Gasteiger partial charge in [-0.25, -0.2) is 0 Å². The molecule has 0 radical (unpaired) electrons. The van der Waals surface area contributed by atoms with Gasteiger partial charge in [0.2, 0.25) is 11.6 Å². The van der Waals surface area contributed by atoms with Crippen LogP contribution in [0.3, 0.4) is 0 Å². The quantitative estimate of drug-likeness (QED) is 0.387. The van der Waals surface area contributed by atoms with Crippen LogP contribution >= 0.6 is 11.6 Å². The van der Waals surface area contributed by atoms with Gasteiger partial charge in [0, 0.05) is 23.8 Å². The number of halogens is 1. The first kappa shape index (κ1) is 24.6. The van der Waals surface area contributed by atoms with Crippen molar-refractivity contribution in [3.05, 3.63) is 29.8 Å². The van der Waals surface area contributed by atoms with Crippen LogP contribution in [0.4, 0.5) is 0 Å². The molecule has 8 rings (SSSR count). The summed E-state index contributed by atoms with van der Waals surface area (Å²) in [6, 6.07) is 7.63. The molecule has 0 aromatic heterocycles. The summed E-state index contributed by atoms with van der Waals surface area (Å²) in [7, 11) is 1.64. The van der Waals surface area contributed by atoms with Crippen molar-refractivity contribution in [2.24, 2.45) is 0 Å². The van der Waals surface area contributed by atoms with E-state index in [0.717, 1.165) is 30.6 Å². The van der Waals surface area contributed by atoms with Crippen LogP contribution in [0.5, 0.6) is 5.75 Å². The summed E-state index contributed by atoms with van der Waals surface area (Å²) in [5.74, 6) is 1.13. The molecular weight excluding hydrogens is 500 g/mol. The van der Waals surface area contributed by atoms with Crippen molar-refractivity contribution in [2.45, 2.75) is 118 Å². The molecule has 8 nitrogen and oxygen atoms in total. The van der Waals surface area contributed by atoms with E-state index in [-0.39, 0.29) is 42.0 Å². The van der Waals surface area contributed by atoms with Gasteiger partial charge in [0.05, 0.1) is 19.3 Å². The predicted molar refractivity (Wildman–Crippen MR) is 131 cm³/mol. The Morgan fingerprint density at radius 1 is 1.03 bits per heavy atom. The molecule has 37 heavy (non-hydrogen) atoms. The summed E-state index contributed by atoms with van der Waals surface area (Å²) in [4.78, 5) is 0. The number of benzene rings is 1. The standard InChI is InChI=1S/C28H33ClO8/c1-4-6-16(29)13-14-27-26-28(37-25(33-26)15-7-9-18(30-3)10-8-15)24(36-27)23-22(35-28)21(34-27)20-19(32-23)12-11-17(5-2)31-20/h1,7-10,16-17,19-26H,5-6,11-14H2,2-3H3. The van der Waals surface area contributed by atoms with Crippen LogP contribution in [0.2, 0.25) is 0 Å². The van der Waals surface area contributed by atoms with E-state index in [1.54, 1.807) is 7.11 Å². The van der Waals surface area contributed by atoms with Crippen molar-refractivity contribution >= 4 is 11.6 Å². The van der Waals surface area contributed by atoms with Gasteiger partial charge in [0.15, 0.2) is 12.4 Å². The van der Waals surface area contributed by atoms with Gasteiger partial charge in [0.1, 0.15) is 36.3 Å². The number of methoxy groups -OCH3 is 1. The maximum Gasteiger partial charge on any atom is 0.233 e. The zero-order valence-electron chi connectivity index (χ0n) is 21.0. The summed E-state index contributed by atoms with van der Waals surface area (Å²) < 4.78 is 52.1. The Labute approximate surface area is 222 Å². The third kappa shape index (κ3) is 3.63. The van der Waals surface area contributed by atoms with Crippen molar-refractivity contribution in [3.63, 3.8) is 0 Å². The molecule has 1 aromatic rings. The molecule has 0 saturated carbocycles. The average molecular weight is 533 g/mol. The SMILES string of the molecule is C#CCC(Cl)CCC12OC3C4OC(CC)CCC4OC4C3OC3(OC(c5ccc(OC)cc5)OC13)C4O2. The fourth-order valence-electron chi connectivity index (χ4n) is 6.98. The van der Waals surface area contributed by atoms with E-state index in [1.165, 1.54) is 0 Å². The number of ether oxygens (including phenoxy) is 8. The molecule has 0 N–H and O–H groups in total. The maximum absolute atomic E-state index is 6.95. The monoisotopic (exact) mass is 532 g/mol. The van der Waals surface area contributed by atoms with Crippen LogP contribution in [-0.4, -0.2) is 72.9 Å². The molecule has 7 aliphatic heterocycles. The average Bonchev–Trinajstić information content (AvgIpc) is 3.47. The lowest BCUT2D eigenvalue weighted by atomic mass is 9.86. The minimum atomic E-state index is -1.15. The number of terminal acetylenes is 1. The second kappa shape index (κ2) is 9.07. The zero-order valence-corrected chi connectivity index (χ0v) is 21.8. The summed E-state index contributed by atoms with van der Waals surface area (Å²) in [6.45, 7) is 2.14. The number of fused-ring (bicyclic) bond motifs is 1. The summed E-state index contributed by atoms with van der Waals surface area (Å²) >= 11 is 6.56. The van der Waals surface area contributed by atoms with Crippen LogP contribution in [0.15, 0.2) is 24.3 Å². The molecule has 1 spiro atoms. The van der Waals surface area contributed by atoms with Gasteiger partial charge in [-0.15, -0.1) is 23.9 Å². The Morgan fingerprint density at radius 2 is 1.84 bits per heavy atom. The molecule has 7 aliphatic rings. The lowest BCUT2D eigenvalue weighted by Crippen LogP contribution is -2.62. The molecule has 1 aromatic carbocycles. The van der Waals surface area contributed by atoms with Crippen LogP contribution in [0, 0.1) is 12.3 Å². The first-order valence-corrected chi connectivity index (χ1v) is 13.8. The third-order valence-electron chi connectivity index (χ3n) is 8.77. The Morgan fingerprint density at radius 3 is 2.59 bits per heavy atom. The number of hydrogen-bond acceptors (Lipinski definition) is 8. The van der Waals surface area contributed by atoms with E-state index in [1.807, 2.05) is 24.3 Å². The molecule has 7 saturated heterocycles. The largest absolute Gasteiger partial charge is 0.497 e. The Balaban J connectivity index is 1.24. The fraction of sp³-hybridized carbons (Fsp3) is 0.714. The first-order chi connectivity index (χ1) is 18.0. The van der Waals surface area contributed by atoms with Crippen LogP contribution < -0.4 is 4.74 Å². The molecule has 6 bridgehead atoms. The van der Waals surface area contributed by atoms with Crippen LogP contribution in [0.1, 0.15) is 57.3 Å². The number of rotatable bonds is 7. The fourth-order valence-corrected chi connectivity index (χ4v) is 7.18. The lowest BCUT2D eigenvalue weighted by molar-refractivity contribution is -0.328. The summed E-state index contributed by atoms with van der Waals surface area (Å²) in [6.07, 6.45) is 6.87. The smallest absolute Gasteiger partial charge is 0.233 e. The Kier molecular flexibility index (Phi) is 6.04. The lowest BCUT2D eigenvalue weighted by Gasteiger charge is -2.47. The van der Waals surface area contributed by atoms with E-state index >= 15 is 0 Å². The highest BCUT2D eigenvalue weighted by Gasteiger charge is 2.83. The van der Waals surface area contributed by atoms with Gasteiger partial charge < -0.3 is 37.9 Å². The molecule has 12 unspecified atom stereocenters. The van der Waals surface area contributed by atoms with Crippen molar-refractivity contribution in [1.29, 1.82) is 0 Å². The van der Waals surface area contributed by atoms with E-state index in [2.05, 4.69) is 12.8 Å². The molecule has 200 valence electrons. The number of hydrogen-bond donors (Lipinski definition) is 0. The first-order valence-electron chi connectivity index (χ1n) is 13.4. The van der Waals surface area contributed by atoms with E-state index in [9.17, 15) is 0 Å². The van der Waals surface area contributed by atoms with Gasteiger partial charge in [-0.3, -0.25) is 0 Å². The van der Waals surface area contributed by atoms with Crippen molar-refractivity contribution in [2.75, 3.05) is 7.11 Å². The molecule has 0 aliphatic carbocycles. The Bertz CT molecular complexity index is 1060. The molecule has 12 atom stereocenters. The molecule has 7 fully saturated rings. The highest BCUT2D eigenvalue weighted by molar-refractivity contribution is 6.20. The highest BCUT2D eigenvalue weighted by atomic mass is 35.5. The topological polar surface area (TPSA) is 73.8 Å². The molecule has 0 amide bonds. The van der Waals surface area contributed by atoms with Crippen molar-refractivity contribution in [1.82, 2.24) is 0 Å². The molecular formula is C28H33ClO8. The molecule has 7 heterocycles. The normalized spacial score (nSPS) is 47.7. The minimum absolute atomic E-state index is 0.0758. The minimum Gasteiger partial charge on any atom is -0.497 e. The van der Waals surface area contributed by atoms with Gasteiger partial charge in [-0.05, 0) is 37.8 Å². The maximum atomic E-state index is 6.95. The van der Waals surface area contributed by atoms with Gasteiger partial charge in [-0.2, -0.15) is 0 Å². The second-order valence-corrected chi connectivity index (χ2v) is 11.5. The predicted octanol–water partition coefficient (Wildman–Crippen LogP) is 3.83. The zero-order chi connectivity index (χ0) is 25.4.